The molecule has 3 nitrogen and oxygen atoms in total. The number of hydrogen-bond acceptors (Lipinski definition) is 2. The van der Waals surface area contributed by atoms with E-state index in [2.05, 4.69) is 35.5 Å². The molecule has 0 aliphatic rings. The highest BCUT2D eigenvalue weighted by molar-refractivity contribution is 6.30. The fraction of sp³-hybridized carbons (Fsp3) is 0.400. The minimum absolute atomic E-state index is 0.376. The van der Waals surface area contributed by atoms with Crippen LogP contribution in [0.25, 0.3) is 0 Å². The normalized spacial score (nSPS) is 12.6. The fourth-order valence-electron chi connectivity index (χ4n) is 2.16. The molecule has 0 aliphatic heterocycles. The van der Waals surface area contributed by atoms with Crippen molar-refractivity contribution in [2.24, 2.45) is 7.05 Å². The summed E-state index contributed by atoms with van der Waals surface area (Å²) in [6.45, 7) is 3.12. The van der Waals surface area contributed by atoms with Gasteiger partial charge in [-0.1, -0.05) is 30.7 Å². The molecule has 1 aromatic heterocycles. The molecular weight excluding hydrogens is 258 g/mol. The lowest BCUT2D eigenvalue weighted by molar-refractivity contribution is 0.519. The molecule has 1 N–H and O–H groups in total. The van der Waals surface area contributed by atoms with Gasteiger partial charge in [-0.05, 0) is 30.2 Å². The molecule has 0 spiro atoms. The van der Waals surface area contributed by atoms with Crippen LogP contribution in [-0.2, 0) is 13.5 Å². The highest BCUT2D eigenvalue weighted by Gasteiger charge is 2.08. The minimum Gasteiger partial charge on any atom is -0.310 e. The van der Waals surface area contributed by atoms with Gasteiger partial charge in [-0.15, -0.1) is 0 Å². The van der Waals surface area contributed by atoms with E-state index in [1.165, 1.54) is 5.56 Å². The van der Waals surface area contributed by atoms with Crippen LogP contribution in [0.4, 0.5) is 0 Å². The first-order chi connectivity index (χ1) is 9.19. The SMILES string of the molecule is CCC(NCCc1ccn(C)n1)c1ccc(Cl)cc1. The smallest absolute Gasteiger partial charge is 0.0637 e. The van der Waals surface area contributed by atoms with Crippen molar-refractivity contribution >= 4 is 11.6 Å². The Morgan fingerprint density at radius 3 is 2.58 bits per heavy atom. The Balaban J connectivity index is 1.87. The highest BCUT2D eigenvalue weighted by Crippen LogP contribution is 2.18. The molecular formula is C15H20ClN3. The van der Waals surface area contributed by atoms with Crippen molar-refractivity contribution in [2.75, 3.05) is 6.54 Å². The number of benzene rings is 1. The van der Waals surface area contributed by atoms with Crippen LogP contribution < -0.4 is 5.32 Å². The molecule has 4 heteroatoms. The first kappa shape index (κ1) is 14.1. The van der Waals surface area contributed by atoms with E-state index in [9.17, 15) is 0 Å². The summed E-state index contributed by atoms with van der Waals surface area (Å²) in [4.78, 5) is 0. The van der Waals surface area contributed by atoms with Crippen LogP contribution in [0.15, 0.2) is 36.5 Å². The molecule has 2 rings (SSSR count). The second-order valence-electron chi connectivity index (χ2n) is 4.70. The fourth-order valence-corrected chi connectivity index (χ4v) is 2.29. The third-order valence-electron chi connectivity index (χ3n) is 3.22. The Kier molecular flexibility index (Phi) is 5.00. The lowest BCUT2D eigenvalue weighted by Crippen LogP contribution is -2.23. The number of rotatable bonds is 6. The van der Waals surface area contributed by atoms with Gasteiger partial charge >= 0.3 is 0 Å². The standard InChI is InChI=1S/C15H20ClN3/c1-3-15(12-4-6-13(16)7-5-12)17-10-8-14-9-11-19(2)18-14/h4-7,9,11,15,17H,3,8,10H2,1-2H3. The van der Waals surface area contributed by atoms with Crippen LogP contribution in [0.5, 0.6) is 0 Å². The molecule has 1 atom stereocenters. The van der Waals surface area contributed by atoms with Gasteiger partial charge in [0.05, 0.1) is 5.69 Å². The maximum atomic E-state index is 5.92. The van der Waals surface area contributed by atoms with Crippen LogP contribution in [0, 0.1) is 0 Å². The monoisotopic (exact) mass is 277 g/mol. The van der Waals surface area contributed by atoms with Gasteiger partial charge in [-0.3, -0.25) is 4.68 Å². The number of aryl methyl sites for hydroxylation is 1. The Labute approximate surface area is 119 Å². The molecule has 102 valence electrons. The molecule has 0 amide bonds. The van der Waals surface area contributed by atoms with E-state index in [0.717, 1.165) is 30.1 Å². The van der Waals surface area contributed by atoms with Crippen molar-refractivity contribution in [3.63, 3.8) is 0 Å². The summed E-state index contributed by atoms with van der Waals surface area (Å²) >= 11 is 5.92. The van der Waals surface area contributed by atoms with Crippen LogP contribution in [0.3, 0.4) is 0 Å². The molecule has 1 heterocycles. The second-order valence-corrected chi connectivity index (χ2v) is 5.13. The summed E-state index contributed by atoms with van der Waals surface area (Å²) in [6.07, 6.45) is 3.99. The zero-order valence-corrected chi connectivity index (χ0v) is 12.2. The van der Waals surface area contributed by atoms with Gasteiger partial charge in [0.15, 0.2) is 0 Å². The Hall–Kier alpha value is -1.32. The van der Waals surface area contributed by atoms with Crippen LogP contribution in [0.2, 0.25) is 5.02 Å². The molecule has 1 aromatic carbocycles. The van der Waals surface area contributed by atoms with Crippen molar-refractivity contribution in [3.05, 3.63) is 52.8 Å². The first-order valence-electron chi connectivity index (χ1n) is 6.66. The van der Waals surface area contributed by atoms with Crippen LogP contribution >= 0.6 is 11.6 Å². The number of aromatic nitrogens is 2. The molecule has 2 aromatic rings. The molecule has 1 unspecified atom stereocenters. The molecule has 0 aliphatic carbocycles. The summed E-state index contributed by atoms with van der Waals surface area (Å²) < 4.78 is 1.84. The van der Waals surface area contributed by atoms with E-state index in [-0.39, 0.29) is 0 Å². The number of nitrogens with one attached hydrogen (secondary N) is 1. The average molecular weight is 278 g/mol. The average Bonchev–Trinajstić information content (AvgIpc) is 2.82. The van der Waals surface area contributed by atoms with E-state index < -0.39 is 0 Å². The molecule has 0 bridgehead atoms. The predicted molar refractivity (Wildman–Crippen MR) is 79.4 cm³/mol. The van der Waals surface area contributed by atoms with Gasteiger partial charge in [-0.25, -0.2) is 0 Å². The molecule has 0 radical (unpaired) electrons. The Bertz CT molecular complexity index is 504. The lowest BCUT2D eigenvalue weighted by Gasteiger charge is -2.17. The van der Waals surface area contributed by atoms with Crippen molar-refractivity contribution in [3.8, 4) is 0 Å². The molecule has 19 heavy (non-hydrogen) atoms. The predicted octanol–water partition coefficient (Wildman–Crippen LogP) is 3.36. The molecule has 0 saturated heterocycles. The third-order valence-corrected chi connectivity index (χ3v) is 3.47. The van der Waals surface area contributed by atoms with Gasteiger partial charge in [0.2, 0.25) is 0 Å². The van der Waals surface area contributed by atoms with E-state index in [4.69, 9.17) is 11.6 Å². The van der Waals surface area contributed by atoms with Gasteiger partial charge in [0, 0.05) is 37.3 Å². The lowest BCUT2D eigenvalue weighted by atomic mass is 10.0. The Morgan fingerprint density at radius 1 is 1.26 bits per heavy atom. The summed E-state index contributed by atoms with van der Waals surface area (Å²) in [7, 11) is 1.94. The maximum Gasteiger partial charge on any atom is 0.0637 e. The summed E-state index contributed by atoms with van der Waals surface area (Å²) in [5.74, 6) is 0. The molecule has 0 saturated carbocycles. The van der Waals surface area contributed by atoms with E-state index in [0.29, 0.717) is 6.04 Å². The largest absolute Gasteiger partial charge is 0.310 e. The topological polar surface area (TPSA) is 29.9 Å². The first-order valence-corrected chi connectivity index (χ1v) is 7.04. The maximum absolute atomic E-state index is 5.92. The van der Waals surface area contributed by atoms with Crippen molar-refractivity contribution in [2.45, 2.75) is 25.8 Å². The zero-order chi connectivity index (χ0) is 13.7. The number of hydrogen-bond donors (Lipinski definition) is 1. The number of nitrogens with zero attached hydrogens (tertiary/aromatic N) is 2. The van der Waals surface area contributed by atoms with Crippen LogP contribution in [0.1, 0.15) is 30.6 Å². The third kappa shape index (κ3) is 4.08. The van der Waals surface area contributed by atoms with Gasteiger partial charge in [-0.2, -0.15) is 5.10 Å². The van der Waals surface area contributed by atoms with Crippen LogP contribution in [-0.4, -0.2) is 16.3 Å². The van der Waals surface area contributed by atoms with Crippen molar-refractivity contribution in [1.29, 1.82) is 0 Å². The van der Waals surface area contributed by atoms with Gasteiger partial charge < -0.3 is 5.32 Å². The van der Waals surface area contributed by atoms with Gasteiger partial charge in [0.25, 0.3) is 0 Å². The van der Waals surface area contributed by atoms with E-state index in [1.54, 1.807) is 0 Å². The van der Waals surface area contributed by atoms with Crippen molar-refractivity contribution < 1.29 is 0 Å². The second kappa shape index (κ2) is 6.73. The summed E-state index contributed by atoms with van der Waals surface area (Å²) in [6, 6.07) is 10.5. The highest BCUT2D eigenvalue weighted by atomic mass is 35.5. The van der Waals surface area contributed by atoms with Gasteiger partial charge in [0.1, 0.15) is 0 Å². The number of halogens is 1. The summed E-state index contributed by atoms with van der Waals surface area (Å²) in [5, 5.41) is 8.73. The van der Waals surface area contributed by atoms with Crippen molar-refractivity contribution in [1.82, 2.24) is 15.1 Å². The minimum atomic E-state index is 0.376. The van der Waals surface area contributed by atoms with E-state index in [1.807, 2.05) is 30.1 Å². The zero-order valence-electron chi connectivity index (χ0n) is 11.4. The molecule has 0 fully saturated rings. The Morgan fingerprint density at radius 2 is 2.00 bits per heavy atom. The van der Waals surface area contributed by atoms with E-state index >= 15 is 0 Å². The quantitative estimate of drug-likeness (QED) is 0.877. The summed E-state index contributed by atoms with van der Waals surface area (Å²) in [5.41, 5.74) is 2.41.